The molecule has 0 saturated carbocycles. The Hall–Kier alpha value is -0.910. The van der Waals surface area contributed by atoms with E-state index in [4.69, 9.17) is 15.6 Å². The summed E-state index contributed by atoms with van der Waals surface area (Å²) < 4.78 is 7.46. The third-order valence-electron chi connectivity index (χ3n) is 3.20. The fourth-order valence-electron chi connectivity index (χ4n) is 2.17. The molecule has 1 aromatic rings. The van der Waals surface area contributed by atoms with Gasteiger partial charge in [-0.3, -0.25) is 0 Å². The first kappa shape index (κ1) is 12.5. The normalized spacial score (nSPS) is 19.4. The van der Waals surface area contributed by atoms with Crippen molar-refractivity contribution in [3.05, 3.63) is 18.2 Å². The average molecular weight is 239 g/mol. The van der Waals surface area contributed by atoms with Crippen LogP contribution in [0.25, 0.3) is 0 Å². The minimum atomic E-state index is -0.207. The van der Waals surface area contributed by atoms with E-state index < -0.39 is 0 Å². The van der Waals surface area contributed by atoms with Crippen molar-refractivity contribution in [2.24, 2.45) is 11.7 Å². The molecule has 0 aromatic carbocycles. The number of aliphatic hydroxyl groups is 1. The van der Waals surface area contributed by atoms with E-state index in [-0.39, 0.29) is 12.6 Å². The van der Waals surface area contributed by atoms with Crippen LogP contribution in [0.5, 0.6) is 0 Å². The first-order valence-corrected chi connectivity index (χ1v) is 6.22. The van der Waals surface area contributed by atoms with E-state index in [1.54, 1.807) is 0 Å². The summed E-state index contributed by atoms with van der Waals surface area (Å²) in [5.74, 6) is 0.692. The van der Waals surface area contributed by atoms with Crippen molar-refractivity contribution in [3.8, 4) is 0 Å². The number of ether oxygens (including phenoxy) is 1. The molecule has 2 rings (SSSR count). The molecule has 0 unspecified atom stereocenters. The molecule has 0 aliphatic carbocycles. The Bertz CT molecular complexity index is 334. The standard InChI is InChI=1S/C12H21N3O2/c13-11(8-16)5-12-7-15(9-14-12)6-10-1-3-17-4-2-10/h7,9-11,16H,1-6,8,13H2/t11-/m0/s1. The van der Waals surface area contributed by atoms with Crippen LogP contribution in [0.15, 0.2) is 12.5 Å². The lowest BCUT2D eigenvalue weighted by Crippen LogP contribution is -2.26. The first-order valence-electron chi connectivity index (χ1n) is 6.22. The van der Waals surface area contributed by atoms with Gasteiger partial charge in [-0.1, -0.05) is 0 Å². The zero-order valence-corrected chi connectivity index (χ0v) is 10.1. The predicted octanol–water partition coefficient (Wildman–Crippen LogP) is 0.172. The van der Waals surface area contributed by atoms with Crippen molar-refractivity contribution in [2.45, 2.75) is 31.8 Å². The van der Waals surface area contributed by atoms with Crippen molar-refractivity contribution in [3.63, 3.8) is 0 Å². The number of aliphatic hydroxyl groups excluding tert-OH is 1. The molecule has 1 atom stereocenters. The van der Waals surface area contributed by atoms with E-state index in [0.29, 0.717) is 12.3 Å². The second-order valence-electron chi connectivity index (χ2n) is 4.76. The Labute approximate surface area is 102 Å². The molecule has 1 fully saturated rings. The summed E-state index contributed by atoms with van der Waals surface area (Å²) in [7, 11) is 0. The van der Waals surface area contributed by atoms with E-state index in [1.165, 1.54) is 0 Å². The van der Waals surface area contributed by atoms with Gasteiger partial charge in [0.05, 0.1) is 18.6 Å². The molecule has 5 nitrogen and oxygen atoms in total. The molecule has 1 saturated heterocycles. The fraction of sp³-hybridized carbons (Fsp3) is 0.750. The van der Waals surface area contributed by atoms with Crippen molar-refractivity contribution in [2.75, 3.05) is 19.8 Å². The van der Waals surface area contributed by atoms with Gasteiger partial charge in [-0.05, 0) is 18.8 Å². The maximum absolute atomic E-state index is 8.89. The molecular weight excluding hydrogens is 218 g/mol. The second-order valence-corrected chi connectivity index (χ2v) is 4.76. The monoisotopic (exact) mass is 239 g/mol. The van der Waals surface area contributed by atoms with E-state index in [2.05, 4.69) is 9.55 Å². The van der Waals surface area contributed by atoms with Gasteiger partial charge in [-0.2, -0.15) is 0 Å². The molecule has 1 aliphatic rings. The number of hydrogen-bond acceptors (Lipinski definition) is 4. The Morgan fingerprint density at radius 1 is 1.53 bits per heavy atom. The molecule has 2 heterocycles. The molecule has 0 spiro atoms. The minimum Gasteiger partial charge on any atom is -0.395 e. The number of rotatable bonds is 5. The maximum atomic E-state index is 8.89. The van der Waals surface area contributed by atoms with Crippen molar-refractivity contribution in [1.29, 1.82) is 0 Å². The molecule has 1 aliphatic heterocycles. The molecule has 1 aromatic heterocycles. The van der Waals surface area contributed by atoms with Gasteiger partial charge in [0.1, 0.15) is 0 Å². The van der Waals surface area contributed by atoms with Crippen LogP contribution in [0, 0.1) is 5.92 Å². The van der Waals surface area contributed by atoms with E-state index in [1.807, 2.05) is 12.5 Å². The second kappa shape index (κ2) is 6.14. The van der Waals surface area contributed by atoms with Gasteiger partial charge in [0.2, 0.25) is 0 Å². The van der Waals surface area contributed by atoms with Crippen LogP contribution < -0.4 is 5.73 Å². The summed E-state index contributed by atoms with van der Waals surface area (Å²) in [5.41, 5.74) is 6.64. The van der Waals surface area contributed by atoms with Crippen LogP contribution in [-0.4, -0.2) is 40.5 Å². The largest absolute Gasteiger partial charge is 0.395 e. The van der Waals surface area contributed by atoms with Crippen molar-refractivity contribution in [1.82, 2.24) is 9.55 Å². The van der Waals surface area contributed by atoms with Gasteiger partial charge in [-0.25, -0.2) is 4.98 Å². The van der Waals surface area contributed by atoms with Crippen LogP contribution in [0.3, 0.4) is 0 Å². The highest BCUT2D eigenvalue weighted by Gasteiger charge is 2.14. The third kappa shape index (κ3) is 3.80. The molecule has 3 N–H and O–H groups in total. The van der Waals surface area contributed by atoms with Gasteiger partial charge < -0.3 is 20.1 Å². The average Bonchev–Trinajstić information content (AvgIpc) is 2.77. The van der Waals surface area contributed by atoms with E-state index in [0.717, 1.165) is 38.3 Å². The van der Waals surface area contributed by atoms with Gasteiger partial charge in [-0.15, -0.1) is 0 Å². The SMILES string of the molecule is N[C@H](CO)Cc1cn(CC2CCOCC2)cn1. The Balaban J connectivity index is 1.84. The predicted molar refractivity (Wildman–Crippen MR) is 64.5 cm³/mol. The Kier molecular flexibility index (Phi) is 4.53. The molecule has 96 valence electrons. The van der Waals surface area contributed by atoms with E-state index in [9.17, 15) is 0 Å². The number of aromatic nitrogens is 2. The van der Waals surface area contributed by atoms with Crippen molar-refractivity contribution < 1.29 is 9.84 Å². The Morgan fingerprint density at radius 3 is 3.00 bits per heavy atom. The summed E-state index contributed by atoms with van der Waals surface area (Å²) in [4.78, 5) is 4.31. The lowest BCUT2D eigenvalue weighted by molar-refractivity contribution is 0.0612. The molecule has 17 heavy (non-hydrogen) atoms. The molecule has 0 bridgehead atoms. The van der Waals surface area contributed by atoms with Crippen LogP contribution >= 0.6 is 0 Å². The summed E-state index contributed by atoms with van der Waals surface area (Å²) in [6.45, 7) is 2.76. The number of imidazole rings is 1. The summed E-state index contributed by atoms with van der Waals surface area (Å²) in [6.07, 6.45) is 6.78. The maximum Gasteiger partial charge on any atom is 0.0949 e. The summed E-state index contributed by atoms with van der Waals surface area (Å²) in [5, 5.41) is 8.89. The summed E-state index contributed by atoms with van der Waals surface area (Å²) in [6, 6.07) is -0.207. The van der Waals surface area contributed by atoms with Crippen LogP contribution in [0.2, 0.25) is 0 Å². The molecular formula is C12H21N3O2. The van der Waals surface area contributed by atoms with Gasteiger partial charge >= 0.3 is 0 Å². The Morgan fingerprint density at radius 2 is 2.29 bits per heavy atom. The molecule has 5 heteroatoms. The third-order valence-corrected chi connectivity index (χ3v) is 3.20. The highest BCUT2D eigenvalue weighted by molar-refractivity contribution is 4.99. The van der Waals surface area contributed by atoms with E-state index >= 15 is 0 Å². The fourth-order valence-corrected chi connectivity index (χ4v) is 2.17. The van der Waals surface area contributed by atoms with Gasteiger partial charge in [0.15, 0.2) is 0 Å². The highest BCUT2D eigenvalue weighted by Crippen LogP contribution is 2.17. The van der Waals surface area contributed by atoms with Crippen LogP contribution in [-0.2, 0) is 17.7 Å². The molecule has 0 radical (unpaired) electrons. The van der Waals surface area contributed by atoms with Gasteiger partial charge in [0.25, 0.3) is 0 Å². The smallest absolute Gasteiger partial charge is 0.0949 e. The topological polar surface area (TPSA) is 73.3 Å². The van der Waals surface area contributed by atoms with Gasteiger partial charge in [0, 0.05) is 38.4 Å². The lowest BCUT2D eigenvalue weighted by atomic mass is 10.0. The van der Waals surface area contributed by atoms with Crippen molar-refractivity contribution >= 4 is 0 Å². The first-order chi connectivity index (χ1) is 8.28. The van der Waals surface area contributed by atoms with Crippen LogP contribution in [0.4, 0.5) is 0 Å². The number of nitrogens with zero attached hydrogens (tertiary/aromatic N) is 2. The van der Waals surface area contributed by atoms with Crippen LogP contribution in [0.1, 0.15) is 18.5 Å². The molecule has 0 amide bonds. The number of hydrogen-bond donors (Lipinski definition) is 2. The zero-order valence-electron chi connectivity index (χ0n) is 10.1. The minimum absolute atomic E-state index is 0.00677. The summed E-state index contributed by atoms with van der Waals surface area (Å²) >= 11 is 0. The number of nitrogens with two attached hydrogens (primary N) is 1. The highest BCUT2D eigenvalue weighted by atomic mass is 16.5. The zero-order chi connectivity index (χ0) is 12.1. The lowest BCUT2D eigenvalue weighted by Gasteiger charge is -2.22. The quantitative estimate of drug-likeness (QED) is 0.768.